The molecule has 126 valence electrons. The Morgan fingerprint density at radius 2 is 2.13 bits per heavy atom. The molecule has 2 rings (SSSR count). The second-order valence-electron chi connectivity index (χ2n) is 5.32. The number of aryl methyl sites for hydroxylation is 1. The number of carbonyl (C=O) groups excluding carboxylic acids is 1. The van der Waals surface area contributed by atoms with Crippen LogP contribution in [0.5, 0.6) is 5.75 Å². The predicted octanol–water partition coefficient (Wildman–Crippen LogP) is 2.03. The summed E-state index contributed by atoms with van der Waals surface area (Å²) in [5.41, 5.74) is 7.88. The van der Waals surface area contributed by atoms with Gasteiger partial charge in [-0.05, 0) is 37.6 Å². The van der Waals surface area contributed by atoms with Gasteiger partial charge in [0.1, 0.15) is 11.4 Å². The zero-order chi connectivity index (χ0) is 16.3. The van der Waals surface area contributed by atoms with E-state index in [1.807, 2.05) is 32.0 Å². The number of benzene rings is 1. The number of methoxy groups -OCH3 is 1. The normalized spacial score (nSPS) is 11.5. The maximum absolute atomic E-state index is 12.4. The van der Waals surface area contributed by atoms with Crippen molar-refractivity contribution in [2.24, 2.45) is 5.73 Å². The Bertz CT molecular complexity index is 672. The third-order valence-corrected chi connectivity index (χ3v) is 3.71. The van der Waals surface area contributed by atoms with E-state index < -0.39 is 0 Å². The van der Waals surface area contributed by atoms with Gasteiger partial charge in [0.25, 0.3) is 5.91 Å². The first-order chi connectivity index (χ1) is 10.5. The Labute approximate surface area is 142 Å². The van der Waals surface area contributed by atoms with E-state index in [-0.39, 0.29) is 24.4 Å². The number of hydrogen-bond acceptors (Lipinski definition) is 4. The molecule has 0 aliphatic heterocycles. The Morgan fingerprint density at radius 1 is 1.43 bits per heavy atom. The summed E-state index contributed by atoms with van der Waals surface area (Å²) in [6.45, 7) is 4.31. The number of aromatic nitrogens is 2. The zero-order valence-electron chi connectivity index (χ0n) is 13.8. The van der Waals surface area contributed by atoms with Crippen LogP contribution in [0.3, 0.4) is 0 Å². The van der Waals surface area contributed by atoms with Crippen LogP contribution in [0, 0.1) is 6.92 Å². The summed E-state index contributed by atoms with van der Waals surface area (Å²) in [5.74, 6) is 0.555. The summed E-state index contributed by atoms with van der Waals surface area (Å²) >= 11 is 0. The van der Waals surface area contributed by atoms with Crippen LogP contribution in [-0.2, 0) is 0 Å². The van der Waals surface area contributed by atoms with Crippen molar-refractivity contribution in [1.29, 1.82) is 0 Å². The minimum Gasteiger partial charge on any atom is -0.494 e. The molecule has 1 aromatic heterocycles. The SMILES string of the molecule is COc1ccc(C)cc1-n1ccc(C(=O)N(C)C(C)CN)n1.Cl. The molecule has 2 aromatic rings. The molecule has 0 saturated carbocycles. The summed E-state index contributed by atoms with van der Waals surface area (Å²) in [6.07, 6.45) is 1.76. The van der Waals surface area contributed by atoms with Crippen molar-refractivity contribution < 1.29 is 9.53 Å². The molecule has 23 heavy (non-hydrogen) atoms. The third kappa shape index (κ3) is 4.03. The van der Waals surface area contributed by atoms with E-state index in [0.29, 0.717) is 18.0 Å². The van der Waals surface area contributed by atoms with Crippen molar-refractivity contribution in [3.8, 4) is 11.4 Å². The molecule has 1 aromatic carbocycles. The van der Waals surface area contributed by atoms with Crippen LogP contribution in [0.4, 0.5) is 0 Å². The van der Waals surface area contributed by atoms with Gasteiger partial charge in [-0.3, -0.25) is 4.79 Å². The van der Waals surface area contributed by atoms with Gasteiger partial charge < -0.3 is 15.4 Å². The third-order valence-electron chi connectivity index (χ3n) is 3.71. The lowest BCUT2D eigenvalue weighted by atomic mass is 10.2. The van der Waals surface area contributed by atoms with Crippen molar-refractivity contribution in [2.75, 3.05) is 20.7 Å². The molecule has 0 fully saturated rings. The molecule has 6 nitrogen and oxygen atoms in total. The fraction of sp³-hybridized carbons (Fsp3) is 0.375. The minimum absolute atomic E-state index is 0. The highest BCUT2D eigenvalue weighted by atomic mass is 35.5. The molecule has 7 heteroatoms. The molecule has 1 atom stereocenters. The number of carbonyl (C=O) groups is 1. The van der Waals surface area contributed by atoms with Crippen molar-refractivity contribution >= 4 is 18.3 Å². The van der Waals surface area contributed by atoms with E-state index >= 15 is 0 Å². The highest BCUT2D eigenvalue weighted by Crippen LogP contribution is 2.23. The number of nitrogens with two attached hydrogens (primary N) is 1. The van der Waals surface area contributed by atoms with Gasteiger partial charge in [0.2, 0.25) is 0 Å². The Hall–Kier alpha value is -2.05. The molecule has 0 radical (unpaired) electrons. The van der Waals surface area contributed by atoms with E-state index in [1.54, 1.807) is 36.0 Å². The van der Waals surface area contributed by atoms with Crippen molar-refractivity contribution in [3.05, 3.63) is 41.7 Å². The Kier molecular flexibility index (Phi) is 6.60. The molecule has 0 bridgehead atoms. The van der Waals surface area contributed by atoms with Gasteiger partial charge >= 0.3 is 0 Å². The molecular weight excluding hydrogens is 316 g/mol. The van der Waals surface area contributed by atoms with Gasteiger partial charge in [0, 0.05) is 25.8 Å². The topological polar surface area (TPSA) is 73.4 Å². The van der Waals surface area contributed by atoms with E-state index in [9.17, 15) is 4.79 Å². The molecule has 0 aliphatic rings. The van der Waals surface area contributed by atoms with Gasteiger partial charge in [-0.25, -0.2) is 4.68 Å². The first kappa shape index (κ1) is 19.0. The Balaban J connectivity index is 0.00000264. The molecular formula is C16H23ClN4O2. The highest BCUT2D eigenvalue weighted by molar-refractivity contribution is 5.92. The van der Waals surface area contributed by atoms with Gasteiger partial charge in [0.05, 0.1) is 7.11 Å². The number of likely N-dealkylation sites (N-methyl/N-ethyl adjacent to an activating group) is 1. The first-order valence-corrected chi connectivity index (χ1v) is 7.15. The first-order valence-electron chi connectivity index (χ1n) is 7.15. The standard InChI is InChI=1S/C16H22N4O2.ClH/c1-11-5-6-15(22-4)14(9-11)20-8-7-13(18-20)16(21)19(3)12(2)10-17;/h5-9,12H,10,17H2,1-4H3;1H. The maximum Gasteiger partial charge on any atom is 0.274 e. The van der Waals surface area contributed by atoms with Crippen LogP contribution in [-0.4, -0.2) is 47.3 Å². The summed E-state index contributed by atoms with van der Waals surface area (Å²) in [6, 6.07) is 7.48. The molecule has 2 N–H and O–H groups in total. The second kappa shape index (κ2) is 7.99. The molecule has 0 saturated heterocycles. The van der Waals surface area contributed by atoms with Crippen molar-refractivity contribution in [1.82, 2.24) is 14.7 Å². The molecule has 1 unspecified atom stereocenters. The van der Waals surface area contributed by atoms with Crippen molar-refractivity contribution in [3.63, 3.8) is 0 Å². The molecule has 0 spiro atoms. The average molecular weight is 339 g/mol. The lowest BCUT2D eigenvalue weighted by molar-refractivity contribution is 0.0742. The van der Waals surface area contributed by atoms with E-state index in [1.165, 1.54) is 0 Å². The van der Waals surface area contributed by atoms with Gasteiger partial charge in [-0.15, -0.1) is 12.4 Å². The summed E-state index contributed by atoms with van der Waals surface area (Å²) in [5, 5.41) is 4.37. The minimum atomic E-state index is -0.150. The number of amides is 1. The summed E-state index contributed by atoms with van der Waals surface area (Å²) in [4.78, 5) is 14.0. The van der Waals surface area contributed by atoms with Gasteiger partial charge in [0.15, 0.2) is 5.69 Å². The summed E-state index contributed by atoms with van der Waals surface area (Å²) in [7, 11) is 3.34. The highest BCUT2D eigenvalue weighted by Gasteiger charge is 2.19. The van der Waals surface area contributed by atoms with Crippen LogP contribution in [0.25, 0.3) is 5.69 Å². The van der Waals surface area contributed by atoms with Crippen LogP contribution < -0.4 is 10.5 Å². The van der Waals surface area contributed by atoms with Crippen LogP contribution >= 0.6 is 12.4 Å². The lowest BCUT2D eigenvalue weighted by Crippen LogP contribution is -2.39. The van der Waals surface area contributed by atoms with E-state index in [0.717, 1.165) is 11.3 Å². The zero-order valence-corrected chi connectivity index (χ0v) is 14.6. The van der Waals surface area contributed by atoms with Crippen LogP contribution in [0.2, 0.25) is 0 Å². The fourth-order valence-corrected chi connectivity index (χ4v) is 2.09. The van der Waals surface area contributed by atoms with Crippen LogP contribution in [0.1, 0.15) is 23.0 Å². The monoisotopic (exact) mass is 338 g/mol. The molecule has 1 heterocycles. The average Bonchev–Trinajstić information content (AvgIpc) is 3.02. The van der Waals surface area contributed by atoms with Crippen molar-refractivity contribution in [2.45, 2.75) is 19.9 Å². The predicted molar refractivity (Wildman–Crippen MR) is 92.7 cm³/mol. The van der Waals surface area contributed by atoms with Crippen LogP contribution in [0.15, 0.2) is 30.5 Å². The Morgan fingerprint density at radius 3 is 2.74 bits per heavy atom. The quantitative estimate of drug-likeness (QED) is 0.905. The largest absolute Gasteiger partial charge is 0.494 e. The smallest absolute Gasteiger partial charge is 0.274 e. The fourth-order valence-electron chi connectivity index (χ4n) is 2.09. The number of hydrogen-bond donors (Lipinski definition) is 1. The summed E-state index contributed by atoms with van der Waals surface area (Å²) < 4.78 is 7.01. The number of nitrogens with zero attached hydrogens (tertiary/aromatic N) is 3. The molecule has 1 amide bonds. The van der Waals surface area contributed by atoms with Gasteiger partial charge in [-0.1, -0.05) is 6.07 Å². The number of ether oxygens (including phenoxy) is 1. The second-order valence-corrected chi connectivity index (χ2v) is 5.32. The number of halogens is 1. The van der Waals surface area contributed by atoms with E-state index in [2.05, 4.69) is 5.10 Å². The lowest BCUT2D eigenvalue weighted by Gasteiger charge is -2.22. The maximum atomic E-state index is 12.4. The molecule has 0 aliphatic carbocycles. The van der Waals surface area contributed by atoms with Gasteiger partial charge in [-0.2, -0.15) is 5.10 Å². The number of rotatable bonds is 5. The van der Waals surface area contributed by atoms with E-state index in [4.69, 9.17) is 10.5 Å².